The van der Waals surface area contributed by atoms with E-state index in [-0.39, 0.29) is 10.6 Å². The fraction of sp³-hybridized carbons (Fsp3) is 0.188. The molecule has 0 fully saturated rings. The van der Waals surface area contributed by atoms with Gasteiger partial charge in [-0.1, -0.05) is 29.8 Å². The second-order valence-electron chi connectivity index (χ2n) is 4.71. The minimum Gasteiger partial charge on any atom is -0.379 e. The predicted molar refractivity (Wildman–Crippen MR) is 81.2 cm³/mol. The molecule has 0 saturated carbocycles. The van der Waals surface area contributed by atoms with Gasteiger partial charge in [0.25, 0.3) is 0 Å². The van der Waals surface area contributed by atoms with Crippen LogP contribution in [0.15, 0.2) is 53.4 Å². The number of hydrogen-bond donors (Lipinski definition) is 0. The highest BCUT2D eigenvalue weighted by molar-refractivity contribution is 7.87. The van der Waals surface area contributed by atoms with E-state index in [4.69, 9.17) is 8.92 Å². The van der Waals surface area contributed by atoms with Crippen LogP contribution in [-0.2, 0) is 19.6 Å². The number of aldehydes is 1. The molecule has 116 valence electrons. The van der Waals surface area contributed by atoms with E-state index < -0.39 is 16.2 Å². The molecule has 0 aliphatic rings. The van der Waals surface area contributed by atoms with Crippen LogP contribution in [0.25, 0.3) is 0 Å². The highest BCUT2D eigenvalue weighted by atomic mass is 32.2. The fourth-order valence-corrected chi connectivity index (χ4v) is 2.79. The van der Waals surface area contributed by atoms with Crippen LogP contribution in [0.3, 0.4) is 0 Å². The molecule has 1 atom stereocenters. The summed E-state index contributed by atoms with van der Waals surface area (Å²) in [4.78, 5) is 10.9. The Morgan fingerprint density at radius 3 is 2.09 bits per heavy atom. The lowest BCUT2D eigenvalue weighted by atomic mass is 10.1. The van der Waals surface area contributed by atoms with Crippen LogP contribution in [0.2, 0.25) is 0 Å². The van der Waals surface area contributed by atoms with Gasteiger partial charge in [-0.25, -0.2) is 0 Å². The van der Waals surface area contributed by atoms with Gasteiger partial charge in [-0.15, -0.1) is 0 Å². The van der Waals surface area contributed by atoms with Gasteiger partial charge in [-0.2, -0.15) is 8.42 Å². The van der Waals surface area contributed by atoms with Crippen LogP contribution in [0.1, 0.15) is 17.2 Å². The maximum atomic E-state index is 12.1. The zero-order valence-electron chi connectivity index (χ0n) is 12.2. The molecular weight excluding hydrogens is 304 g/mol. The van der Waals surface area contributed by atoms with Crippen molar-refractivity contribution in [2.24, 2.45) is 0 Å². The van der Waals surface area contributed by atoms with Crippen molar-refractivity contribution in [1.82, 2.24) is 0 Å². The first-order valence-electron chi connectivity index (χ1n) is 6.55. The van der Waals surface area contributed by atoms with Crippen molar-refractivity contribution in [2.45, 2.75) is 17.9 Å². The number of ether oxygens (including phenoxy) is 1. The van der Waals surface area contributed by atoms with Crippen molar-refractivity contribution < 1.29 is 22.1 Å². The quantitative estimate of drug-likeness (QED) is 0.604. The number of carbonyl (C=O) groups excluding carboxylic acids is 1. The number of methoxy groups -OCH3 is 1. The van der Waals surface area contributed by atoms with E-state index in [2.05, 4.69) is 0 Å². The van der Waals surface area contributed by atoms with Crippen molar-refractivity contribution in [3.63, 3.8) is 0 Å². The minimum absolute atomic E-state index is 0.0878. The fourth-order valence-electron chi connectivity index (χ4n) is 1.86. The monoisotopic (exact) mass is 320 g/mol. The van der Waals surface area contributed by atoms with E-state index in [1.165, 1.54) is 31.4 Å². The van der Waals surface area contributed by atoms with E-state index >= 15 is 0 Å². The molecular formula is C16H16O5S. The lowest BCUT2D eigenvalue weighted by molar-refractivity contribution is -0.116. The molecule has 0 N–H and O–H groups in total. The van der Waals surface area contributed by atoms with Gasteiger partial charge in [0.1, 0.15) is 16.7 Å². The van der Waals surface area contributed by atoms with Gasteiger partial charge in [-0.3, -0.25) is 0 Å². The average molecular weight is 320 g/mol. The number of carbonyl (C=O) groups is 1. The molecule has 2 aromatic rings. The third kappa shape index (κ3) is 3.72. The van der Waals surface area contributed by atoms with Crippen molar-refractivity contribution in [3.05, 3.63) is 59.7 Å². The summed E-state index contributed by atoms with van der Waals surface area (Å²) in [7, 11) is -2.45. The van der Waals surface area contributed by atoms with Crippen LogP contribution in [0.5, 0.6) is 5.75 Å². The zero-order chi connectivity index (χ0) is 16.2. The Morgan fingerprint density at radius 2 is 1.59 bits per heavy atom. The molecule has 5 nitrogen and oxygen atoms in total. The third-order valence-electron chi connectivity index (χ3n) is 3.10. The average Bonchev–Trinajstić information content (AvgIpc) is 2.50. The second kappa shape index (κ2) is 6.72. The summed E-state index contributed by atoms with van der Waals surface area (Å²) in [5, 5.41) is 0. The van der Waals surface area contributed by atoms with E-state index in [1.54, 1.807) is 24.3 Å². The minimum atomic E-state index is -3.88. The maximum Gasteiger partial charge on any atom is 0.339 e. The molecule has 2 rings (SSSR count). The van der Waals surface area contributed by atoms with Gasteiger partial charge < -0.3 is 13.7 Å². The summed E-state index contributed by atoms with van der Waals surface area (Å²) < 4.78 is 34.3. The second-order valence-corrected chi connectivity index (χ2v) is 6.26. The summed E-state index contributed by atoms with van der Waals surface area (Å²) in [6.45, 7) is 1.87. The molecule has 6 heteroatoms. The molecule has 0 heterocycles. The topological polar surface area (TPSA) is 69.7 Å². The first kappa shape index (κ1) is 16.2. The van der Waals surface area contributed by atoms with Crippen LogP contribution >= 0.6 is 0 Å². The summed E-state index contributed by atoms with van der Waals surface area (Å²) in [5.74, 6) is 0.171. The van der Waals surface area contributed by atoms with Gasteiger partial charge in [0, 0.05) is 7.11 Å². The molecule has 0 aliphatic heterocycles. The van der Waals surface area contributed by atoms with Gasteiger partial charge in [0.05, 0.1) is 0 Å². The first-order chi connectivity index (χ1) is 10.5. The molecule has 22 heavy (non-hydrogen) atoms. The largest absolute Gasteiger partial charge is 0.379 e. The molecule has 0 radical (unpaired) electrons. The Balaban J connectivity index is 2.19. The highest BCUT2D eigenvalue weighted by Crippen LogP contribution is 2.22. The Morgan fingerprint density at radius 1 is 1.00 bits per heavy atom. The molecule has 2 aromatic carbocycles. The maximum absolute atomic E-state index is 12.1. The Hall–Kier alpha value is -2.18. The molecule has 0 bridgehead atoms. The molecule has 1 unspecified atom stereocenters. The van der Waals surface area contributed by atoms with E-state index in [0.29, 0.717) is 11.8 Å². The molecule has 0 amide bonds. The van der Waals surface area contributed by atoms with Crippen LogP contribution in [0.4, 0.5) is 0 Å². The summed E-state index contributed by atoms with van der Waals surface area (Å²) >= 11 is 0. The molecule has 0 spiro atoms. The van der Waals surface area contributed by atoms with E-state index in [0.717, 1.165) is 5.56 Å². The summed E-state index contributed by atoms with van der Waals surface area (Å²) in [5.41, 5.74) is 1.58. The molecule has 0 saturated heterocycles. The standard InChI is InChI=1S/C16H16O5S/c1-12-3-9-15(10-4-12)22(18,19)21-14-7-5-13(6-8-14)16(11-17)20-2/h3-11,16H,1-2H3. The summed E-state index contributed by atoms with van der Waals surface area (Å²) in [6, 6.07) is 12.5. The number of benzene rings is 2. The Kier molecular flexibility index (Phi) is 4.95. The third-order valence-corrected chi connectivity index (χ3v) is 4.36. The number of rotatable bonds is 6. The van der Waals surface area contributed by atoms with Gasteiger partial charge in [0.2, 0.25) is 0 Å². The Bertz CT molecular complexity index is 733. The van der Waals surface area contributed by atoms with Crippen molar-refractivity contribution in [2.75, 3.05) is 7.11 Å². The lowest BCUT2D eigenvalue weighted by Crippen LogP contribution is -2.10. The van der Waals surface area contributed by atoms with Gasteiger partial charge >= 0.3 is 10.1 Å². The van der Waals surface area contributed by atoms with E-state index in [1.807, 2.05) is 6.92 Å². The Labute approximate surface area is 129 Å². The normalized spacial score (nSPS) is 12.6. The van der Waals surface area contributed by atoms with E-state index in [9.17, 15) is 13.2 Å². The highest BCUT2D eigenvalue weighted by Gasteiger charge is 2.17. The molecule has 0 aliphatic carbocycles. The summed E-state index contributed by atoms with van der Waals surface area (Å²) in [6.07, 6.45) is -0.0124. The zero-order valence-corrected chi connectivity index (χ0v) is 13.0. The SMILES string of the molecule is COC(C=O)c1ccc(OS(=O)(=O)c2ccc(C)cc2)cc1. The van der Waals surface area contributed by atoms with Crippen LogP contribution in [0, 0.1) is 6.92 Å². The van der Waals surface area contributed by atoms with Crippen LogP contribution in [-0.4, -0.2) is 21.8 Å². The first-order valence-corrected chi connectivity index (χ1v) is 7.96. The van der Waals surface area contributed by atoms with Crippen LogP contribution < -0.4 is 4.18 Å². The van der Waals surface area contributed by atoms with Crippen molar-refractivity contribution in [3.8, 4) is 5.75 Å². The van der Waals surface area contributed by atoms with Gasteiger partial charge in [0.15, 0.2) is 6.29 Å². The lowest BCUT2D eigenvalue weighted by Gasteiger charge is -2.10. The van der Waals surface area contributed by atoms with Crippen molar-refractivity contribution >= 4 is 16.4 Å². The predicted octanol–water partition coefficient (Wildman–Crippen LogP) is 2.65. The molecule has 0 aromatic heterocycles. The number of hydrogen-bond acceptors (Lipinski definition) is 5. The van der Waals surface area contributed by atoms with Gasteiger partial charge in [-0.05, 0) is 36.8 Å². The van der Waals surface area contributed by atoms with Crippen molar-refractivity contribution in [1.29, 1.82) is 0 Å². The smallest absolute Gasteiger partial charge is 0.339 e. The number of aryl methyl sites for hydroxylation is 1.